The summed E-state index contributed by atoms with van der Waals surface area (Å²) in [6.45, 7) is 8.71. The molecule has 0 fully saturated rings. The lowest BCUT2D eigenvalue weighted by Gasteiger charge is -2.22. The van der Waals surface area contributed by atoms with Crippen molar-refractivity contribution >= 4 is 6.09 Å². The third kappa shape index (κ3) is 32.0. The highest BCUT2D eigenvalue weighted by Gasteiger charge is 2.13. The molecule has 1 aromatic carbocycles. The molecular formula is C41H77NO4. The molecule has 0 unspecified atom stereocenters. The van der Waals surface area contributed by atoms with Crippen molar-refractivity contribution in [3.8, 4) is 11.5 Å². The molecule has 0 atom stereocenters. The van der Waals surface area contributed by atoms with Crippen LogP contribution < -0.4 is 0 Å². The Kier molecular flexibility index (Phi) is 34.4. The van der Waals surface area contributed by atoms with Gasteiger partial charge in [0.15, 0.2) is 0 Å². The van der Waals surface area contributed by atoms with Gasteiger partial charge in [0.1, 0.15) is 11.5 Å². The van der Waals surface area contributed by atoms with Crippen LogP contribution in [-0.2, 0) is 4.74 Å². The maximum atomic E-state index is 12.4. The Morgan fingerprint density at radius 1 is 0.500 bits per heavy atom. The second-order valence-electron chi connectivity index (χ2n) is 13.4. The first-order valence-corrected chi connectivity index (χ1v) is 19.9. The van der Waals surface area contributed by atoms with Gasteiger partial charge in [-0.15, -0.1) is 0 Å². The second kappa shape index (κ2) is 35.9. The Morgan fingerprint density at radius 2 is 0.783 bits per heavy atom. The molecule has 0 radical (unpaired) electrons. The molecule has 1 aromatic rings. The number of phenols is 2. The predicted octanol–water partition coefficient (Wildman–Crippen LogP) is 13.5. The first-order valence-electron chi connectivity index (χ1n) is 19.9. The Hall–Kier alpha value is -1.91. The van der Waals surface area contributed by atoms with Crippen molar-refractivity contribution in [2.75, 3.05) is 19.7 Å². The van der Waals surface area contributed by atoms with E-state index in [0.29, 0.717) is 6.61 Å². The van der Waals surface area contributed by atoms with E-state index in [1.165, 1.54) is 185 Å². The summed E-state index contributed by atoms with van der Waals surface area (Å²) < 4.78 is 5.33. The normalized spacial score (nSPS) is 10.8. The zero-order valence-corrected chi connectivity index (χ0v) is 30.9. The van der Waals surface area contributed by atoms with Gasteiger partial charge in [-0.25, -0.2) is 4.79 Å². The molecule has 0 spiro atoms. The third-order valence-corrected chi connectivity index (χ3v) is 8.92. The Labute approximate surface area is 286 Å². The van der Waals surface area contributed by atoms with Crippen molar-refractivity contribution in [2.24, 2.45) is 0 Å². The molecule has 0 heterocycles. The summed E-state index contributed by atoms with van der Waals surface area (Å²) in [5.41, 5.74) is 0. The summed E-state index contributed by atoms with van der Waals surface area (Å²) in [6.07, 6.45) is 38.3. The molecule has 1 rings (SSSR count). The van der Waals surface area contributed by atoms with Gasteiger partial charge in [-0.05, 0) is 31.9 Å². The zero-order valence-electron chi connectivity index (χ0n) is 30.9. The lowest BCUT2D eigenvalue weighted by Crippen LogP contribution is -2.33. The van der Waals surface area contributed by atoms with Crippen molar-refractivity contribution in [3.63, 3.8) is 0 Å². The highest BCUT2D eigenvalue weighted by Crippen LogP contribution is 2.16. The minimum atomic E-state index is -0.100. The maximum absolute atomic E-state index is 12.4. The standard InChI is InChI=1S/C35H71NO2.C6H6O2/c1-4-7-9-11-13-15-17-19-21-23-25-27-29-31-33-36(35(37)38-6-3)34-32-30-28-26-24-22-20-18-16-14-12-10-8-5-2;7-5-2-1-3-6(8)4-5/h4-34H2,1-3H3;1-4,7-8H. The molecule has 5 nitrogen and oxygen atoms in total. The van der Waals surface area contributed by atoms with E-state index in [-0.39, 0.29) is 17.6 Å². The number of carbonyl (C=O) groups excluding carboxylic acids is 1. The van der Waals surface area contributed by atoms with Gasteiger partial charge in [0.25, 0.3) is 0 Å². The molecule has 0 aliphatic rings. The van der Waals surface area contributed by atoms with Crippen molar-refractivity contribution < 1.29 is 19.7 Å². The van der Waals surface area contributed by atoms with Crippen LogP contribution in [0.2, 0.25) is 0 Å². The number of unbranched alkanes of at least 4 members (excludes halogenated alkanes) is 26. The summed E-state index contributed by atoms with van der Waals surface area (Å²) in [4.78, 5) is 14.4. The van der Waals surface area contributed by atoms with Gasteiger partial charge in [-0.2, -0.15) is 0 Å². The minimum absolute atomic E-state index is 0.0880. The topological polar surface area (TPSA) is 70.0 Å². The van der Waals surface area contributed by atoms with E-state index in [1.807, 2.05) is 11.8 Å². The van der Waals surface area contributed by atoms with E-state index in [2.05, 4.69) is 13.8 Å². The Bertz CT molecular complexity index is 706. The Balaban J connectivity index is 0.00000218. The molecule has 2 N–H and O–H groups in total. The fraction of sp³-hybridized carbons (Fsp3) is 0.829. The lowest BCUT2D eigenvalue weighted by molar-refractivity contribution is 0.105. The van der Waals surface area contributed by atoms with Crippen LogP contribution in [0.15, 0.2) is 24.3 Å². The molecule has 270 valence electrons. The quantitative estimate of drug-likeness (QED) is 0.0787. The molecule has 0 saturated carbocycles. The summed E-state index contributed by atoms with van der Waals surface area (Å²) in [5, 5.41) is 17.3. The van der Waals surface area contributed by atoms with E-state index < -0.39 is 0 Å². The van der Waals surface area contributed by atoms with E-state index in [0.717, 1.165) is 25.9 Å². The number of hydrogen-bond acceptors (Lipinski definition) is 4. The van der Waals surface area contributed by atoms with E-state index in [9.17, 15) is 4.79 Å². The van der Waals surface area contributed by atoms with Crippen LogP contribution in [0.1, 0.15) is 201 Å². The largest absolute Gasteiger partial charge is 0.508 e. The van der Waals surface area contributed by atoms with Gasteiger partial charge < -0.3 is 19.8 Å². The number of aromatic hydroxyl groups is 2. The van der Waals surface area contributed by atoms with Gasteiger partial charge in [-0.1, -0.05) is 187 Å². The number of carbonyl (C=O) groups is 1. The van der Waals surface area contributed by atoms with E-state index >= 15 is 0 Å². The predicted molar refractivity (Wildman–Crippen MR) is 199 cm³/mol. The van der Waals surface area contributed by atoms with Gasteiger partial charge in [0, 0.05) is 19.2 Å². The molecule has 46 heavy (non-hydrogen) atoms. The minimum Gasteiger partial charge on any atom is -0.508 e. The van der Waals surface area contributed by atoms with Crippen molar-refractivity contribution in [3.05, 3.63) is 24.3 Å². The third-order valence-electron chi connectivity index (χ3n) is 8.92. The van der Waals surface area contributed by atoms with Gasteiger partial charge >= 0.3 is 6.09 Å². The van der Waals surface area contributed by atoms with Gasteiger partial charge in [-0.3, -0.25) is 0 Å². The van der Waals surface area contributed by atoms with Crippen LogP contribution in [0.3, 0.4) is 0 Å². The first kappa shape index (κ1) is 44.1. The van der Waals surface area contributed by atoms with Gasteiger partial charge in [0.2, 0.25) is 0 Å². The molecular weight excluding hydrogens is 570 g/mol. The molecule has 1 amide bonds. The number of rotatable bonds is 31. The number of amides is 1. The summed E-state index contributed by atoms with van der Waals surface area (Å²) in [5.74, 6) is 0.176. The van der Waals surface area contributed by atoms with E-state index in [1.54, 1.807) is 6.07 Å². The fourth-order valence-electron chi connectivity index (χ4n) is 6.00. The fourth-order valence-corrected chi connectivity index (χ4v) is 6.00. The molecule has 0 aliphatic carbocycles. The van der Waals surface area contributed by atoms with Crippen molar-refractivity contribution in [1.29, 1.82) is 0 Å². The van der Waals surface area contributed by atoms with Crippen molar-refractivity contribution in [1.82, 2.24) is 4.90 Å². The zero-order chi connectivity index (χ0) is 33.8. The number of phenolic OH excluding ortho intramolecular Hbond substituents is 2. The first-order chi connectivity index (χ1) is 22.5. The average molecular weight is 648 g/mol. The molecule has 0 bridgehead atoms. The molecule has 0 aromatic heterocycles. The van der Waals surface area contributed by atoms with Gasteiger partial charge in [0.05, 0.1) is 6.61 Å². The number of benzene rings is 1. The molecule has 0 aliphatic heterocycles. The van der Waals surface area contributed by atoms with Crippen LogP contribution in [0.4, 0.5) is 4.79 Å². The van der Waals surface area contributed by atoms with Crippen LogP contribution in [0.25, 0.3) is 0 Å². The molecule has 0 saturated heterocycles. The number of nitrogens with zero attached hydrogens (tertiary/aromatic N) is 1. The lowest BCUT2D eigenvalue weighted by atomic mass is 10.0. The number of ether oxygens (including phenoxy) is 1. The highest BCUT2D eigenvalue weighted by molar-refractivity contribution is 5.67. The van der Waals surface area contributed by atoms with E-state index in [4.69, 9.17) is 14.9 Å². The van der Waals surface area contributed by atoms with Crippen LogP contribution >= 0.6 is 0 Å². The average Bonchev–Trinajstić information content (AvgIpc) is 3.04. The monoisotopic (exact) mass is 648 g/mol. The second-order valence-corrected chi connectivity index (χ2v) is 13.4. The SMILES string of the molecule is CCCCCCCCCCCCCCCCN(CCCCCCCCCCCCCCCC)C(=O)OCC.Oc1cccc(O)c1. The summed E-state index contributed by atoms with van der Waals surface area (Å²) in [7, 11) is 0. The Morgan fingerprint density at radius 3 is 1.02 bits per heavy atom. The summed E-state index contributed by atoms with van der Waals surface area (Å²) in [6, 6.07) is 5.85. The van der Waals surface area contributed by atoms with Crippen LogP contribution in [-0.4, -0.2) is 40.9 Å². The van der Waals surface area contributed by atoms with Crippen LogP contribution in [0, 0.1) is 0 Å². The number of hydrogen-bond donors (Lipinski definition) is 2. The highest BCUT2D eigenvalue weighted by atomic mass is 16.6. The summed E-state index contributed by atoms with van der Waals surface area (Å²) >= 11 is 0. The smallest absolute Gasteiger partial charge is 0.409 e. The maximum Gasteiger partial charge on any atom is 0.409 e. The molecule has 5 heteroatoms. The van der Waals surface area contributed by atoms with Crippen LogP contribution in [0.5, 0.6) is 11.5 Å². The van der Waals surface area contributed by atoms with Crippen molar-refractivity contribution in [2.45, 2.75) is 201 Å².